The molecule has 5 nitrogen and oxygen atoms in total. The topological polar surface area (TPSA) is 83.5 Å². The van der Waals surface area contributed by atoms with Crippen molar-refractivity contribution in [2.24, 2.45) is 0 Å². The third kappa shape index (κ3) is 4.05. The summed E-state index contributed by atoms with van der Waals surface area (Å²) in [5, 5.41) is 10.9. The average Bonchev–Trinajstić information content (AvgIpc) is 2.36. The Balaban J connectivity index is 3.00. The van der Waals surface area contributed by atoms with Crippen LogP contribution in [0.25, 0.3) is 0 Å². The minimum absolute atomic E-state index is 0.0539. The van der Waals surface area contributed by atoms with E-state index in [0.29, 0.717) is 0 Å². The van der Waals surface area contributed by atoms with Crippen molar-refractivity contribution in [1.29, 1.82) is 0 Å². The van der Waals surface area contributed by atoms with E-state index in [1.807, 2.05) is 0 Å². The number of carbonyl (C=O) groups excluding carboxylic acids is 1. The smallest absolute Gasteiger partial charge is 0.337 e. The second-order valence-electron chi connectivity index (χ2n) is 4.55. The summed E-state index contributed by atoms with van der Waals surface area (Å²) in [6.07, 6.45) is 0. The number of amides is 1. The summed E-state index contributed by atoms with van der Waals surface area (Å²) >= 11 is 5.75. The summed E-state index contributed by atoms with van der Waals surface area (Å²) in [5.74, 6) is -1.54. The molecular weight excluding hydrogens is 302 g/mol. The monoisotopic (exact) mass is 317 g/mol. The Morgan fingerprint density at radius 2 is 1.90 bits per heavy atom. The lowest BCUT2D eigenvalue weighted by molar-refractivity contribution is -0.120. The molecule has 7 heteroatoms. The summed E-state index contributed by atoms with van der Waals surface area (Å²) in [4.78, 5) is 23.1. The fourth-order valence-corrected chi connectivity index (χ4v) is 2.80. The van der Waals surface area contributed by atoms with Crippen LogP contribution in [-0.4, -0.2) is 32.5 Å². The molecule has 1 aromatic rings. The minimum atomic E-state index is -1.64. The number of hydrogen-bond donors (Lipinski definition) is 2. The highest BCUT2D eigenvalue weighted by atomic mass is 35.5. The summed E-state index contributed by atoms with van der Waals surface area (Å²) < 4.78 is 12.3. The van der Waals surface area contributed by atoms with Gasteiger partial charge in [0.1, 0.15) is 5.25 Å². The van der Waals surface area contributed by atoms with Crippen molar-refractivity contribution >= 4 is 34.3 Å². The maximum atomic E-state index is 12.3. The van der Waals surface area contributed by atoms with Gasteiger partial charge in [-0.2, -0.15) is 0 Å². The van der Waals surface area contributed by atoms with Gasteiger partial charge in [-0.25, -0.2) is 4.79 Å². The van der Waals surface area contributed by atoms with Crippen LogP contribution in [0.15, 0.2) is 23.1 Å². The van der Waals surface area contributed by atoms with Gasteiger partial charge in [-0.05, 0) is 39.0 Å². The Labute approximate surface area is 124 Å². The molecule has 2 unspecified atom stereocenters. The number of nitrogens with one attached hydrogen (secondary N) is 1. The van der Waals surface area contributed by atoms with Crippen LogP contribution in [0.1, 0.15) is 31.1 Å². The molecule has 2 N–H and O–H groups in total. The molecule has 0 aliphatic carbocycles. The van der Waals surface area contributed by atoms with Crippen LogP contribution in [0.5, 0.6) is 0 Å². The van der Waals surface area contributed by atoms with E-state index in [1.165, 1.54) is 25.1 Å². The van der Waals surface area contributed by atoms with Crippen molar-refractivity contribution in [3.8, 4) is 0 Å². The lowest BCUT2D eigenvalue weighted by atomic mass is 10.2. The molecule has 0 radical (unpaired) electrons. The molecule has 0 fully saturated rings. The summed E-state index contributed by atoms with van der Waals surface area (Å²) in [6.45, 7) is 5.14. The molecule has 1 rings (SSSR count). The Morgan fingerprint density at radius 1 is 1.30 bits per heavy atom. The van der Waals surface area contributed by atoms with Gasteiger partial charge in [0.15, 0.2) is 0 Å². The van der Waals surface area contributed by atoms with E-state index in [1.54, 1.807) is 13.8 Å². The molecule has 0 heterocycles. The zero-order chi connectivity index (χ0) is 15.4. The third-order valence-electron chi connectivity index (χ3n) is 2.52. The molecule has 0 spiro atoms. The van der Waals surface area contributed by atoms with Crippen molar-refractivity contribution in [2.45, 2.75) is 37.0 Å². The first-order valence-corrected chi connectivity index (χ1v) is 7.57. The van der Waals surface area contributed by atoms with Crippen LogP contribution < -0.4 is 5.32 Å². The molecule has 1 aromatic carbocycles. The molecule has 0 saturated carbocycles. The quantitative estimate of drug-likeness (QED) is 0.870. The van der Waals surface area contributed by atoms with Crippen molar-refractivity contribution < 1.29 is 18.9 Å². The Morgan fingerprint density at radius 3 is 2.40 bits per heavy atom. The highest BCUT2D eigenvalue weighted by molar-refractivity contribution is 7.86. The number of aromatic carboxylic acids is 1. The van der Waals surface area contributed by atoms with Gasteiger partial charge in [0.25, 0.3) is 0 Å². The van der Waals surface area contributed by atoms with Gasteiger partial charge in [-0.15, -0.1) is 0 Å². The fourth-order valence-electron chi connectivity index (χ4n) is 1.50. The second-order valence-corrected chi connectivity index (χ2v) is 6.73. The van der Waals surface area contributed by atoms with E-state index in [0.717, 1.165) is 0 Å². The molecule has 20 heavy (non-hydrogen) atoms. The minimum Gasteiger partial charge on any atom is -0.478 e. The average molecular weight is 318 g/mol. The maximum Gasteiger partial charge on any atom is 0.337 e. The van der Waals surface area contributed by atoms with Crippen LogP contribution in [-0.2, 0) is 15.6 Å². The molecule has 0 aromatic heterocycles. The van der Waals surface area contributed by atoms with E-state index in [-0.39, 0.29) is 27.4 Å². The van der Waals surface area contributed by atoms with Crippen LogP contribution in [0.4, 0.5) is 0 Å². The number of carboxylic acid groups (broad SMARTS) is 1. The molecule has 1 amide bonds. The Bertz CT molecular complexity index is 559. The number of carbonyl (C=O) groups is 2. The SMILES string of the molecule is CC(C)NC(=O)C(C)S(=O)c1ccc(Cl)c(C(=O)O)c1. The highest BCUT2D eigenvalue weighted by Crippen LogP contribution is 2.21. The van der Waals surface area contributed by atoms with Crippen molar-refractivity contribution in [3.63, 3.8) is 0 Å². The van der Waals surface area contributed by atoms with Crippen LogP contribution in [0.3, 0.4) is 0 Å². The standard InChI is InChI=1S/C13H16ClNO4S/c1-7(2)15-12(16)8(3)20(19)9-4-5-11(14)10(6-9)13(17)18/h4-8H,1-3H3,(H,15,16)(H,17,18). The van der Waals surface area contributed by atoms with Gasteiger partial charge >= 0.3 is 5.97 Å². The molecule has 0 bridgehead atoms. The zero-order valence-electron chi connectivity index (χ0n) is 11.3. The van der Waals surface area contributed by atoms with Crippen LogP contribution in [0, 0.1) is 0 Å². The molecule has 2 atom stereocenters. The zero-order valence-corrected chi connectivity index (χ0v) is 12.9. The first-order chi connectivity index (χ1) is 9.23. The van der Waals surface area contributed by atoms with Crippen molar-refractivity contribution in [3.05, 3.63) is 28.8 Å². The highest BCUT2D eigenvalue weighted by Gasteiger charge is 2.23. The van der Waals surface area contributed by atoms with Gasteiger partial charge in [-0.3, -0.25) is 9.00 Å². The third-order valence-corrected chi connectivity index (χ3v) is 4.43. The fraction of sp³-hybridized carbons (Fsp3) is 0.385. The largest absolute Gasteiger partial charge is 0.478 e. The van der Waals surface area contributed by atoms with E-state index in [2.05, 4.69) is 5.32 Å². The van der Waals surface area contributed by atoms with E-state index in [9.17, 15) is 13.8 Å². The first kappa shape index (κ1) is 16.7. The van der Waals surface area contributed by atoms with E-state index < -0.39 is 22.0 Å². The number of hydrogen-bond acceptors (Lipinski definition) is 3. The van der Waals surface area contributed by atoms with Gasteiger partial charge in [0, 0.05) is 10.9 Å². The number of benzene rings is 1. The molecule has 0 aliphatic rings. The molecular formula is C13H16ClNO4S. The van der Waals surface area contributed by atoms with Crippen LogP contribution >= 0.6 is 11.6 Å². The van der Waals surface area contributed by atoms with Crippen molar-refractivity contribution in [2.75, 3.05) is 0 Å². The molecule has 110 valence electrons. The molecule has 0 aliphatic heterocycles. The molecule has 0 saturated heterocycles. The normalized spacial score (nSPS) is 13.8. The van der Waals surface area contributed by atoms with Gasteiger partial charge in [0.2, 0.25) is 5.91 Å². The van der Waals surface area contributed by atoms with Gasteiger partial charge in [0.05, 0.1) is 21.4 Å². The van der Waals surface area contributed by atoms with Gasteiger partial charge in [-0.1, -0.05) is 11.6 Å². The first-order valence-electron chi connectivity index (χ1n) is 5.97. The Kier molecular flexibility index (Phi) is 5.71. The van der Waals surface area contributed by atoms with E-state index in [4.69, 9.17) is 16.7 Å². The number of halogens is 1. The van der Waals surface area contributed by atoms with E-state index >= 15 is 0 Å². The van der Waals surface area contributed by atoms with Crippen molar-refractivity contribution in [1.82, 2.24) is 5.32 Å². The van der Waals surface area contributed by atoms with Crippen LogP contribution in [0.2, 0.25) is 5.02 Å². The lowest BCUT2D eigenvalue weighted by Crippen LogP contribution is -2.39. The predicted octanol–water partition coefficient (Wildman–Crippen LogP) is 2.06. The summed E-state index contributed by atoms with van der Waals surface area (Å²) in [6, 6.07) is 4.01. The van der Waals surface area contributed by atoms with Gasteiger partial charge < -0.3 is 10.4 Å². The number of rotatable bonds is 5. The summed E-state index contributed by atoms with van der Waals surface area (Å²) in [5.41, 5.74) is -0.131. The lowest BCUT2D eigenvalue weighted by Gasteiger charge is -2.14. The number of carboxylic acids is 1. The predicted molar refractivity (Wildman–Crippen MR) is 77.6 cm³/mol. The second kappa shape index (κ2) is 6.85. The Hall–Kier alpha value is -1.40. The maximum absolute atomic E-state index is 12.3. The summed E-state index contributed by atoms with van der Waals surface area (Å²) in [7, 11) is -1.64.